The first-order valence-corrected chi connectivity index (χ1v) is 13.3. The summed E-state index contributed by atoms with van der Waals surface area (Å²) in [7, 11) is -4.24. The van der Waals surface area contributed by atoms with Gasteiger partial charge in [-0.1, -0.05) is 29.0 Å². The van der Waals surface area contributed by atoms with Crippen molar-refractivity contribution in [1.29, 1.82) is 0 Å². The molecule has 194 valence electrons. The highest BCUT2D eigenvalue weighted by molar-refractivity contribution is 7.87. The van der Waals surface area contributed by atoms with Gasteiger partial charge in [0.1, 0.15) is 16.1 Å². The minimum absolute atomic E-state index is 0.0156. The number of ether oxygens (including phenoxy) is 1. The van der Waals surface area contributed by atoms with Gasteiger partial charge in [-0.2, -0.15) is 13.4 Å². The van der Waals surface area contributed by atoms with Crippen molar-refractivity contribution in [2.45, 2.75) is 56.4 Å². The summed E-state index contributed by atoms with van der Waals surface area (Å²) in [4.78, 5) is 30.2. The predicted molar refractivity (Wildman–Crippen MR) is 130 cm³/mol. The average molecular weight is 540 g/mol. The number of aryl methyl sites for hydroxylation is 1. The van der Waals surface area contributed by atoms with Crippen LogP contribution in [-0.2, 0) is 20.5 Å². The molecule has 1 N–H and O–H groups in total. The monoisotopic (exact) mass is 539 g/mol. The molecule has 2 atom stereocenters. The van der Waals surface area contributed by atoms with Crippen LogP contribution in [0.25, 0.3) is 4.96 Å². The van der Waals surface area contributed by atoms with E-state index in [4.69, 9.17) is 8.92 Å². The summed E-state index contributed by atoms with van der Waals surface area (Å²) in [5, 5.41) is 11.1. The zero-order chi connectivity index (χ0) is 26.5. The van der Waals surface area contributed by atoms with Gasteiger partial charge in [-0.05, 0) is 39.8 Å². The molecule has 0 unspecified atom stereocenters. The van der Waals surface area contributed by atoms with E-state index in [2.05, 4.69) is 4.98 Å². The van der Waals surface area contributed by atoms with Crippen molar-refractivity contribution in [2.24, 2.45) is 0 Å². The number of likely N-dealkylation sites (tertiary alicyclic amines) is 1. The van der Waals surface area contributed by atoms with Crippen LogP contribution in [0.15, 0.2) is 46.2 Å². The summed E-state index contributed by atoms with van der Waals surface area (Å²) in [6.45, 7) is 6.54. The fourth-order valence-electron chi connectivity index (χ4n) is 3.66. The van der Waals surface area contributed by atoms with Gasteiger partial charge in [0.2, 0.25) is 5.88 Å². The van der Waals surface area contributed by atoms with E-state index in [9.17, 15) is 23.1 Å². The molecule has 3 aromatic rings. The number of benzene rings is 1. The molecule has 0 spiro atoms. The first-order valence-electron chi connectivity index (χ1n) is 11.1. The first kappa shape index (κ1) is 26.0. The van der Waals surface area contributed by atoms with Crippen LogP contribution in [-0.4, -0.2) is 58.8 Å². The van der Waals surface area contributed by atoms with Crippen LogP contribution in [0, 0.1) is 6.92 Å². The number of amides is 1. The average Bonchev–Trinajstić information content (AvgIpc) is 3.20. The standard InChI is InChI=1S/C23H26FN3O7S2/c1-14-5-7-15(8-6-14)36(31,32)34-18-11-19(28)27-13-17(35-20(27)25-18)23(30)9-10-26(12-16(23)24)21(29)33-22(2,3)4/h5-8,11,13,16,30H,9-10,12H2,1-4H3/t16-,23+/m1/s1. The van der Waals surface area contributed by atoms with E-state index >= 15 is 4.39 Å². The summed E-state index contributed by atoms with van der Waals surface area (Å²) < 4.78 is 51.8. The molecule has 0 bridgehead atoms. The third kappa shape index (κ3) is 5.22. The van der Waals surface area contributed by atoms with Gasteiger partial charge in [0.15, 0.2) is 11.1 Å². The van der Waals surface area contributed by atoms with Crippen molar-refractivity contribution < 1.29 is 31.6 Å². The minimum atomic E-state index is -4.24. The number of fused-ring (bicyclic) bond motifs is 1. The molecule has 1 saturated heterocycles. The lowest BCUT2D eigenvalue weighted by atomic mass is 9.88. The molecular formula is C23H26FN3O7S2. The molecule has 0 radical (unpaired) electrons. The number of hydrogen-bond acceptors (Lipinski definition) is 9. The second-order valence-electron chi connectivity index (χ2n) is 9.60. The van der Waals surface area contributed by atoms with Crippen LogP contribution >= 0.6 is 11.3 Å². The quantitative estimate of drug-likeness (QED) is 0.502. The van der Waals surface area contributed by atoms with Crippen LogP contribution < -0.4 is 9.74 Å². The number of alkyl halides is 1. The molecule has 1 aromatic carbocycles. The van der Waals surface area contributed by atoms with E-state index in [1.165, 1.54) is 23.2 Å². The van der Waals surface area contributed by atoms with Crippen molar-refractivity contribution in [3.63, 3.8) is 0 Å². The lowest BCUT2D eigenvalue weighted by Crippen LogP contribution is -2.53. The number of carbonyl (C=O) groups is 1. The third-order valence-corrected chi connectivity index (χ3v) is 7.98. The molecule has 0 saturated carbocycles. The molecule has 1 aliphatic heterocycles. The maximum Gasteiger partial charge on any atom is 0.410 e. The van der Waals surface area contributed by atoms with Gasteiger partial charge in [0.05, 0.1) is 17.5 Å². The Labute approximate surface area is 211 Å². The summed E-state index contributed by atoms with van der Waals surface area (Å²) in [6, 6.07) is 6.86. The van der Waals surface area contributed by atoms with Crippen LogP contribution in [0.4, 0.5) is 9.18 Å². The number of aromatic nitrogens is 2. The van der Waals surface area contributed by atoms with Gasteiger partial charge >= 0.3 is 16.2 Å². The Morgan fingerprint density at radius 2 is 1.94 bits per heavy atom. The highest BCUT2D eigenvalue weighted by Crippen LogP contribution is 2.39. The number of halogens is 1. The molecule has 1 fully saturated rings. The van der Waals surface area contributed by atoms with Gasteiger partial charge in [0, 0.05) is 19.2 Å². The predicted octanol–water partition coefficient (Wildman–Crippen LogP) is 3.00. The van der Waals surface area contributed by atoms with Crippen LogP contribution in [0.2, 0.25) is 0 Å². The third-order valence-electron chi connectivity index (χ3n) is 5.59. The molecule has 2 aromatic heterocycles. The van der Waals surface area contributed by atoms with Crippen molar-refractivity contribution in [2.75, 3.05) is 13.1 Å². The number of piperidine rings is 1. The summed E-state index contributed by atoms with van der Waals surface area (Å²) >= 11 is 0.830. The fraction of sp³-hybridized carbons (Fsp3) is 0.435. The lowest BCUT2D eigenvalue weighted by molar-refractivity contribution is -0.0886. The van der Waals surface area contributed by atoms with Gasteiger partial charge < -0.3 is 18.9 Å². The molecule has 13 heteroatoms. The molecule has 36 heavy (non-hydrogen) atoms. The smallest absolute Gasteiger partial charge is 0.410 e. The van der Waals surface area contributed by atoms with Crippen molar-refractivity contribution >= 4 is 32.5 Å². The Morgan fingerprint density at radius 1 is 1.28 bits per heavy atom. The van der Waals surface area contributed by atoms with E-state index in [1.54, 1.807) is 39.8 Å². The zero-order valence-corrected chi connectivity index (χ0v) is 21.7. The van der Waals surface area contributed by atoms with Crippen molar-refractivity contribution in [3.05, 3.63) is 57.3 Å². The Bertz CT molecular complexity index is 1460. The topological polar surface area (TPSA) is 128 Å². The number of hydrogen-bond donors (Lipinski definition) is 1. The minimum Gasteiger partial charge on any atom is -0.444 e. The Kier molecular flexibility index (Phi) is 6.60. The zero-order valence-electron chi connectivity index (χ0n) is 20.1. The van der Waals surface area contributed by atoms with Crippen LogP contribution in [0.3, 0.4) is 0 Å². The van der Waals surface area contributed by atoms with Crippen molar-refractivity contribution in [3.8, 4) is 5.88 Å². The van der Waals surface area contributed by atoms with Gasteiger partial charge in [-0.25, -0.2) is 9.18 Å². The molecule has 10 nitrogen and oxygen atoms in total. The van der Waals surface area contributed by atoms with E-state index < -0.39 is 51.6 Å². The second kappa shape index (κ2) is 9.12. The molecular weight excluding hydrogens is 513 g/mol. The van der Waals surface area contributed by atoms with Crippen molar-refractivity contribution in [1.82, 2.24) is 14.3 Å². The van der Waals surface area contributed by atoms with E-state index in [1.807, 2.05) is 0 Å². The molecule has 4 rings (SSSR count). The normalized spacial score (nSPS) is 20.9. The van der Waals surface area contributed by atoms with Crippen LogP contribution in [0.1, 0.15) is 37.6 Å². The molecule has 0 aliphatic carbocycles. The Morgan fingerprint density at radius 3 is 2.56 bits per heavy atom. The number of thiazole rings is 1. The second-order valence-corrected chi connectivity index (χ2v) is 12.2. The van der Waals surface area contributed by atoms with Crippen LogP contribution in [0.5, 0.6) is 5.88 Å². The molecule has 3 heterocycles. The number of carbonyl (C=O) groups excluding carboxylic acids is 1. The van der Waals surface area contributed by atoms with Gasteiger partial charge in [-0.3, -0.25) is 9.20 Å². The van der Waals surface area contributed by atoms with E-state index in [0.717, 1.165) is 27.4 Å². The lowest BCUT2D eigenvalue weighted by Gasteiger charge is -2.40. The number of nitrogens with zero attached hydrogens (tertiary/aromatic N) is 3. The first-order chi connectivity index (χ1) is 16.7. The fourth-order valence-corrected chi connectivity index (χ4v) is 5.67. The number of aliphatic hydroxyl groups is 1. The molecule has 1 aliphatic rings. The number of rotatable bonds is 4. The highest BCUT2D eigenvalue weighted by Gasteiger charge is 2.46. The molecule has 1 amide bonds. The largest absolute Gasteiger partial charge is 0.444 e. The Balaban J connectivity index is 1.58. The maximum atomic E-state index is 15.2. The van der Waals surface area contributed by atoms with E-state index in [-0.39, 0.29) is 27.7 Å². The summed E-state index contributed by atoms with van der Waals surface area (Å²) in [5.74, 6) is -0.447. The van der Waals surface area contributed by atoms with Gasteiger partial charge in [0.25, 0.3) is 5.56 Å². The van der Waals surface area contributed by atoms with Gasteiger partial charge in [-0.15, -0.1) is 0 Å². The maximum absolute atomic E-state index is 15.2. The van der Waals surface area contributed by atoms with E-state index in [0.29, 0.717) is 0 Å². The summed E-state index contributed by atoms with van der Waals surface area (Å²) in [5.41, 5.74) is -2.53. The summed E-state index contributed by atoms with van der Waals surface area (Å²) in [6.07, 6.45) is -1.41. The Hall–Kier alpha value is -3.03. The SMILES string of the molecule is Cc1ccc(S(=O)(=O)Oc2cc(=O)n3cc([C@]4(O)CCN(C(=O)OC(C)(C)C)C[C@H]4F)sc3n2)cc1. The highest BCUT2D eigenvalue weighted by atomic mass is 32.2.